The maximum absolute atomic E-state index is 11.9. The molecule has 2 rings (SSSR count). The fourth-order valence-electron chi connectivity index (χ4n) is 1.96. The average Bonchev–Trinajstić information content (AvgIpc) is 2.65. The minimum absolute atomic E-state index is 0.0678. The second-order valence-corrected chi connectivity index (χ2v) is 6.99. The molecular weight excluding hydrogens is 335 g/mol. The summed E-state index contributed by atoms with van der Waals surface area (Å²) in [5.74, 6) is 0.0678. The van der Waals surface area contributed by atoms with Crippen LogP contribution in [0.5, 0.6) is 0 Å². The fraction of sp³-hybridized carbons (Fsp3) is 0.545. The largest absolute Gasteiger partial charge is 0.349 e. The lowest BCUT2D eigenvalue weighted by molar-refractivity contribution is 0.0926. The zero-order chi connectivity index (χ0) is 11.5. The van der Waals surface area contributed by atoms with Crippen LogP contribution < -0.4 is 10.6 Å². The van der Waals surface area contributed by atoms with Gasteiger partial charge < -0.3 is 10.6 Å². The maximum Gasteiger partial charge on any atom is 0.252 e. The molecule has 1 fully saturated rings. The summed E-state index contributed by atoms with van der Waals surface area (Å²) in [6, 6.07) is 2.76. The van der Waals surface area contributed by atoms with Crippen molar-refractivity contribution >= 4 is 39.8 Å². The van der Waals surface area contributed by atoms with E-state index in [9.17, 15) is 4.79 Å². The predicted octanol–water partition coefficient (Wildman–Crippen LogP) is 2.22. The molecule has 2 heterocycles. The summed E-state index contributed by atoms with van der Waals surface area (Å²) in [5, 5.41) is 8.40. The van der Waals surface area contributed by atoms with E-state index in [1.165, 1.54) is 0 Å². The lowest BCUT2D eigenvalue weighted by atomic mass is 10.0. The Bertz CT molecular complexity index is 380. The fourth-order valence-corrected chi connectivity index (χ4v) is 3.29. The minimum Gasteiger partial charge on any atom is -0.349 e. The molecular formula is C11H15IN2OS. The summed E-state index contributed by atoms with van der Waals surface area (Å²) in [6.07, 6.45) is 2.05. The molecule has 1 saturated heterocycles. The van der Waals surface area contributed by atoms with Crippen LogP contribution in [0.4, 0.5) is 0 Å². The van der Waals surface area contributed by atoms with Crippen molar-refractivity contribution in [1.29, 1.82) is 0 Å². The molecule has 1 amide bonds. The third kappa shape index (κ3) is 3.18. The van der Waals surface area contributed by atoms with Crippen LogP contribution >= 0.6 is 33.9 Å². The number of amides is 1. The quantitative estimate of drug-likeness (QED) is 0.804. The number of piperidine rings is 1. The van der Waals surface area contributed by atoms with Gasteiger partial charge in [0.2, 0.25) is 0 Å². The Morgan fingerprint density at radius 1 is 1.69 bits per heavy atom. The highest BCUT2D eigenvalue weighted by atomic mass is 127. The van der Waals surface area contributed by atoms with Gasteiger partial charge in [0.15, 0.2) is 0 Å². The number of nitrogens with one attached hydrogen (secondary N) is 2. The molecule has 0 aromatic carbocycles. The lowest BCUT2D eigenvalue weighted by Gasteiger charge is -2.28. The molecule has 1 aliphatic rings. The number of rotatable bonds is 2. The Morgan fingerprint density at radius 2 is 2.50 bits per heavy atom. The van der Waals surface area contributed by atoms with Crippen molar-refractivity contribution < 1.29 is 4.79 Å². The molecule has 1 aromatic rings. The van der Waals surface area contributed by atoms with Crippen LogP contribution in [0.1, 0.15) is 30.1 Å². The number of carbonyl (C=O) groups is 1. The van der Waals surface area contributed by atoms with Gasteiger partial charge in [0.05, 0.1) is 8.45 Å². The van der Waals surface area contributed by atoms with Gasteiger partial charge in [-0.2, -0.15) is 0 Å². The number of halogens is 1. The molecule has 2 unspecified atom stereocenters. The molecule has 3 nitrogen and oxygen atoms in total. The van der Waals surface area contributed by atoms with Gasteiger partial charge in [0, 0.05) is 17.5 Å². The highest BCUT2D eigenvalue weighted by Crippen LogP contribution is 2.17. The SMILES string of the molecule is CC1CC(NC(=O)c2csc(I)c2)CCN1. The molecule has 0 bridgehead atoms. The van der Waals surface area contributed by atoms with E-state index in [2.05, 4.69) is 40.1 Å². The molecule has 16 heavy (non-hydrogen) atoms. The third-order valence-corrected chi connectivity index (χ3v) is 4.58. The van der Waals surface area contributed by atoms with Crippen LogP contribution in [-0.2, 0) is 0 Å². The third-order valence-electron chi connectivity index (χ3n) is 2.79. The van der Waals surface area contributed by atoms with Crippen LogP contribution in [0.2, 0.25) is 0 Å². The van der Waals surface area contributed by atoms with E-state index in [0.717, 1.165) is 27.8 Å². The second kappa shape index (κ2) is 5.46. The summed E-state index contributed by atoms with van der Waals surface area (Å²) in [5.41, 5.74) is 0.792. The topological polar surface area (TPSA) is 41.1 Å². The van der Waals surface area contributed by atoms with Gasteiger partial charge in [-0.3, -0.25) is 4.79 Å². The summed E-state index contributed by atoms with van der Waals surface area (Å²) < 4.78 is 1.15. The van der Waals surface area contributed by atoms with Crippen molar-refractivity contribution in [2.45, 2.75) is 31.8 Å². The summed E-state index contributed by atoms with van der Waals surface area (Å²) in [7, 11) is 0. The molecule has 2 atom stereocenters. The van der Waals surface area contributed by atoms with Crippen molar-refractivity contribution in [2.24, 2.45) is 0 Å². The van der Waals surface area contributed by atoms with Gasteiger partial charge in [-0.1, -0.05) is 0 Å². The van der Waals surface area contributed by atoms with Gasteiger partial charge in [-0.05, 0) is 55.0 Å². The van der Waals surface area contributed by atoms with Crippen LogP contribution in [-0.4, -0.2) is 24.5 Å². The van der Waals surface area contributed by atoms with Crippen LogP contribution in [0.3, 0.4) is 0 Å². The van der Waals surface area contributed by atoms with Gasteiger partial charge in [0.1, 0.15) is 0 Å². The highest BCUT2D eigenvalue weighted by molar-refractivity contribution is 14.1. The van der Waals surface area contributed by atoms with E-state index in [0.29, 0.717) is 12.1 Å². The minimum atomic E-state index is 0.0678. The first kappa shape index (κ1) is 12.3. The maximum atomic E-state index is 11.9. The van der Waals surface area contributed by atoms with E-state index in [-0.39, 0.29) is 5.91 Å². The molecule has 1 aliphatic heterocycles. The lowest BCUT2D eigenvalue weighted by Crippen LogP contribution is -2.46. The number of carbonyl (C=O) groups excluding carboxylic acids is 1. The number of hydrogen-bond donors (Lipinski definition) is 2. The Labute approximate surface area is 113 Å². The van der Waals surface area contributed by atoms with E-state index < -0.39 is 0 Å². The Kier molecular flexibility index (Phi) is 4.21. The van der Waals surface area contributed by atoms with Crippen molar-refractivity contribution in [2.75, 3.05) is 6.54 Å². The zero-order valence-corrected chi connectivity index (χ0v) is 12.1. The van der Waals surface area contributed by atoms with E-state index in [4.69, 9.17) is 0 Å². The van der Waals surface area contributed by atoms with Gasteiger partial charge in [-0.25, -0.2) is 0 Å². The Hall–Kier alpha value is -0.140. The molecule has 2 N–H and O–H groups in total. The van der Waals surface area contributed by atoms with E-state index in [1.54, 1.807) is 11.3 Å². The van der Waals surface area contributed by atoms with Crippen molar-refractivity contribution in [3.8, 4) is 0 Å². The second-order valence-electron chi connectivity index (χ2n) is 4.19. The smallest absolute Gasteiger partial charge is 0.252 e. The molecule has 0 spiro atoms. The molecule has 88 valence electrons. The van der Waals surface area contributed by atoms with Crippen molar-refractivity contribution in [3.05, 3.63) is 19.9 Å². The summed E-state index contributed by atoms with van der Waals surface area (Å²) >= 11 is 3.85. The molecule has 0 radical (unpaired) electrons. The van der Waals surface area contributed by atoms with Crippen molar-refractivity contribution in [3.63, 3.8) is 0 Å². The summed E-state index contributed by atoms with van der Waals surface area (Å²) in [4.78, 5) is 11.9. The van der Waals surface area contributed by atoms with E-state index >= 15 is 0 Å². The molecule has 0 aliphatic carbocycles. The number of thiophene rings is 1. The van der Waals surface area contributed by atoms with Crippen molar-refractivity contribution in [1.82, 2.24) is 10.6 Å². The first-order valence-corrected chi connectivity index (χ1v) is 7.39. The first-order chi connectivity index (χ1) is 7.65. The Balaban J connectivity index is 1.92. The number of hydrogen-bond acceptors (Lipinski definition) is 3. The van der Waals surface area contributed by atoms with Gasteiger partial charge >= 0.3 is 0 Å². The van der Waals surface area contributed by atoms with Crippen LogP contribution in [0, 0.1) is 2.88 Å². The van der Waals surface area contributed by atoms with Crippen LogP contribution in [0.25, 0.3) is 0 Å². The molecule has 0 saturated carbocycles. The summed E-state index contributed by atoms with van der Waals surface area (Å²) in [6.45, 7) is 3.15. The molecule has 1 aromatic heterocycles. The standard InChI is InChI=1S/C11H15IN2OS/c1-7-4-9(2-3-13-7)14-11(15)8-5-10(12)16-6-8/h5-7,9,13H,2-4H2,1H3,(H,14,15). The van der Waals surface area contributed by atoms with Crippen LogP contribution in [0.15, 0.2) is 11.4 Å². The molecule has 5 heteroatoms. The van der Waals surface area contributed by atoms with Gasteiger partial charge in [0.25, 0.3) is 5.91 Å². The normalized spacial score (nSPS) is 25.4. The van der Waals surface area contributed by atoms with E-state index in [1.807, 2.05) is 11.4 Å². The monoisotopic (exact) mass is 350 g/mol. The Morgan fingerprint density at radius 3 is 3.12 bits per heavy atom. The average molecular weight is 350 g/mol. The first-order valence-electron chi connectivity index (χ1n) is 5.43. The predicted molar refractivity (Wildman–Crippen MR) is 75.0 cm³/mol. The zero-order valence-electron chi connectivity index (χ0n) is 9.13. The van der Waals surface area contributed by atoms with Gasteiger partial charge in [-0.15, -0.1) is 11.3 Å². The highest BCUT2D eigenvalue weighted by Gasteiger charge is 2.20.